The van der Waals surface area contributed by atoms with Crippen molar-refractivity contribution in [2.24, 2.45) is 0 Å². The molecule has 0 saturated heterocycles. The number of rotatable bonds is 2. The van der Waals surface area contributed by atoms with Crippen molar-refractivity contribution in [1.29, 1.82) is 0 Å². The normalized spacial score (nSPS) is 10.5. The van der Waals surface area contributed by atoms with Crippen molar-refractivity contribution < 1.29 is 13.9 Å². The standard InChI is InChI=1S/C14H12F2O/c1-2-9-6-7-10(8-13(9)16)11-4-3-5-12(15)14(11)17/h3-8,17H,2H2,1H3. The summed E-state index contributed by atoms with van der Waals surface area (Å²) in [5, 5.41) is 9.57. The summed E-state index contributed by atoms with van der Waals surface area (Å²) in [5.41, 5.74) is 1.37. The second-order valence-corrected chi connectivity index (χ2v) is 3.80. The number of phenolic OH excluding ortho intramolecular Hbond substituents is 1. The van der Waals surface area contributed by atoms with Crippen LogP contribution >= 0.6 is 0 Å². The van der Waals surface area contributed by atoms with Gasteiger partial charge in [0.05, 0.1) is 0 Å². The van der Waals surface area contributed by atoms with Crippen molar-refractivity contribution in [1.82, 2.24) is 0 Å². The van der Waals surface area contributed by atoms with Gasteiger partial charge in [0.1, 0.15) is 5.82 Å². The molecule has 1 nitrogen and oxygen atoms in total. The minimum atomic E-state index is -0.706. The van der Waals surface area contributed by atoms with Crippen LogP contribution in [0.25, 0.3) is 11.1 Å². The maximum absolute atomic E-state index is 13.6. The van der Waals surface area contributed by atoms with Gasteiger partial charge in [-0.05, 0) is 29.7 Å². The van der Waals surface area contributed by atoms with Gasteiger partial charge in [0.25, 0.3) is 0 Å². The quantitative estimate of drug-likeness (QED) is 0.835. The van der Waals surface area contributed by atoms with Gasteiger partial charge in [-0.1, -0.05) is 31.2 Å². The molecule has 0 saturated carbocycles. The van der Waals surface area contributed by atoms with Crippen molar-refractivity contribution in [2.75, 3.05) is 0 Å². The molecule has 2 aromatic rings. The Bertz CT molecular complexity index is 550. The van der Waals surface area contributed by atoms with Crippen LogP contribution in [0.3, 0.4) is 0 Å². The van der Waals surface area contributed by atoms with Gasteiger partial charge in [0.2, 0.25) is 0 Å². The maximum atomic E-state index is 13.6. The summed E-state index contributed by atoms with van der Waals surface area (Å²) >= 11 is 0. The molecule has 2 aromatic carbocycles. The Kier molecular flexibility index (Phi) is 3.09. The Morgan fingerprint density at radius 1 is 1.06 bits per heavy atom. The monoisotopic (exact) mass is 234 g/mol. The van der Waals surface area contributed by atoms with Gasteiger partial charge in [0.15, 0.2) is 11.6 Å². The summed E-state index contributed by atoms with van der Waals surface area (Å²) < 4.78 is 26.8. The van der Waals surface area contributed by atoms with Crippen LogP contribution in [0.5, 0.6) is 5.75 Å². The molecule has 0 spiro atoms. The summed E-state index contributed by atoms with van der Waals surface area (Å²) in [6.45, 7) is 1.86. The van der Waals surface area contributed by atoms with Crippen molar-refractivity contribution in [3.05, 3.63) is 53.6 Å². The van der Waals surface area contributed by atoms with Crippen LogP contribution in [0.1, 0.15) is 12.5 Å². The zero-order chi connectivity index (χ0) is 12.4. The van der Waals surface area contributed by atoms with Crippen molar-refractivity contribution in [3.8, 4) is 16.9 Å². The average Bonchev–Trinajstić information content (AvgIpc) is 2.32. The lowest BCUT2D eigenvalue weighted by atomic mass is 10.0. The minimum Gasteiger partial charge on any atom is -0.504 e. The lowest BCUT2D eigenvalue weighted by Crippen LogP contribution is -1.89. The summed E-state index contributed by atoms with van der Waals surface area (Å²) in [6.07, 6.45) is 0.598. The summed E-state index contributed by atoms with van der Waals surface area (Å²) in [5.74, 6) is -1.49. The number of aryl methyl sites for hydroxylation is 1. The number of para-hydroxylation sites is 1. The molecule has 0 bridgehead atoms. The number of aromatic hydroxyl groups is 1. The van der Waals surface area contributed by atoms with E-state index in [4.69, 9.17) is 0 Å². The first-order valence-corrected chi connectivity index (χ1v) is 5.39. The molecule has 0 atom stereocenters. The highest BCUT2D eigenvalue weighted by Crippen LogP contribution is 2.31. The lowest BCUT2D eigenvalue weighted by molar-refractivity contribution is 0.434. The zero-order valence-corrected chi connectivity index (χ0v) is 9.37. The van der Waals surface area contributed by atoms with E-state index in [-0.39, 0.29) is 5.82 Å². The molecule has 88 valence electrons. The highest BCUT2D eigenvalue weighted by molar-refractivity contribution is 5.70. The third-order valence-electron chi connectivity index (χ3n) is 2.73. The van der Waals surface area contributed by atoms with Gasteiger partial charge in [-0.2, -0.15) is 0 Å². The van der Waals surface area contributed by atoms with E-state index >= 15 is 0 Å². The van der Waals surface area contributed by atoms with Crippen LogP contribution in [0.15, 0.2) is 36.4 Å². The van der Waals surface area contributed by atoms with Gasteiger partial charge in [-0.25, -0.2) is 8.78 Å². The highest BCUT2D eigenvalue weighted by Gasteiger charge is 2.10. The minimum absolute atomic E-state index is 0.298. The number of phenols is 1. The molecular weight excluding hydrogens is 222 g/mol. The van der Waals surface area contributed by atoms with Gasteiger partial charge >= 0.3 is 0 Å². The predicted molar refractivity (Wildman–Crippen MR) is 62.8 cm³/mol. The smallest absolute Gasteiger partial charge is 0.165 e. The molecule has 0 unspecified atom stereocenters. The van der Waals surface area contributed by atoms with Gasteiger partial charge in [-0.15, -0.1) is 0 Å². The third-order valence-corrected chi connectivity index (χ3v) is 2.73. The average molecular weight is 234 g/mol. The fourth-order valence-electron chi connectivity index (χ4n) is 1.75. The molecule has 3 heteroatoms. The maximum Gasteiger partial charge on any atom is 0.165 e. The van der Waals surface area contributed by atoms with Crippen molar-refractivity contribution in [2.45, 2.75) is 13.3 Å². The first kappa shape index (κ1) is 11.6. The van der Waals surface area contributed by atoms with Crippen LogP contribution in [0.4, 0.5) is 8.78 Å². The number of hydrogen-bond donors (Lipinski definition) is 1. The summed E-state index contributed by atoms with van der Waals surface area (Å²) in [6, 6.07) is 8.84. The molecular formula is C14H12F2O. The second-order valence-electron chi connectivity index (χ2n) is 3.80. The van der Waals surface area contributed by atoms with E-state index in [2.05, 4.69) is 0 Å². The molecule has 0 aromatic heterocycles. The Balaban J connectivity index is 2.54. The molecule has 0 fully saturated rings. The van der Waals surface area contributed by atoms with E-state index in [1.54, 1.807) is 18.2 Å². The highest BCUT2D eigenvalue weighted by atomic mass is 19.1. The van der Waals surface area contributed by atoms with E-state index in [0.717, 1.165) is 6.07 Å². The number of benzene rings is 2. The van der Waals surface area contributed by atoms with E-state index in [9.17, 15) is 13.9 Å². The molecule has 1 N–H and O–H groups in total. The topological polar surface area (TPSA) is 20.2 Å². The van der Waals surface area contributed by atoms with Crippen molar-refractivity contribution >= 4 is 0 Å². The van der Waals surface area contributed by atoms with Crippen LogP contribution < -0.4 is 0 Å². The number of halogens is 2. The van der Waals surface area contributed by atoms with Gasteiger partial charge < -0.3 is 5.11 Å². The van der Waals surface area contributed by atoms with Gasteiger partial charge in [-0.3, -0.25) is 0 Å². The fourth-order valence-corrected chi connectivity index (χ4v) is 1.75. The summed E-state index contributed by atoms with van der Waals surface area (Å²) in [4.78, 5) is 0. The molecule has 0 amide bonds. The SMILES string of the molecule is CCc1ccc(-c2cccc(F)c2O)cc1F. The van der Waals surface area contributed by atoms with Crippen LogP contribution in [-0.2, 0) is 6.42 Å². The molecule has 17 heavy (non-hydrogen) atoms. The summed E-state index contributed by atoms with van der Waals surface area (Å²) in [7, 11) is 0. The van der Waals surface area contributed by atoms with Crippen LogP contribution in [0.2, 0.25) is 0 Å². The largest absolute Gasteiger partial charge is 0.504 e. The van der Waals surface area contributed by atoms with E-state index in [1.165, 1.54) is 12.1 Å². The van der Waals surface area contributed by atoms with Crippen LogP contribution in [-0.4, -0.2) is 5.11 Å². The first-order valence-electron chi connectivity index (χ1n) is 5.39. The Hall–Kier alpha value is -1.90. The molecule has 0 heterocycles. The molecule has 0 radical (unpaired) electrons. The first-order chi connectivity index (χ1) is 8.13. The fraction of sp³-hybridized carbons (Fsp3) is 0.143. The predicted octanol–water partition coefficient (Wildman–Crippen LogP) is 3.90. The van der Waals surface area contributed by atoms with E-state index in [1.807, 2.05) is 6.92 Å². The van der Waals surface area contributed by atoms with Crippen LogP contribution in [0, 0.1) is 11.6 Å². The van der Waals surface area contributed by atoms with E-state index in [0.29, 0.717) is 23.1 Å². The molecule has 0 aliphatic carbocycles. The Labute approximate surface area is 98.3 Å². The third kappa shape index (κ3) is 2.13. The second kappa shape index (κ2) is 4.53. The van der Waals surface area contributed by atoms with Gasteiger partial charge in [0, 0.05) is 5.56 Å². The van der Waals surface area contributed by atoms with E-state index < -0.39 is 11.6 Å². The lowest BCUT2D eigenvalue weighted by Gasteiger charge is -2.07. The van der Waals surface area contributed by atoms with Crippen molar-refractivity contribution in [3.63, 3.8) is 0 Å². The molecule has 0 aliphatic heterocycles. The molecule has 0 aliphatic rings. The number of hydrogen-bond acceptors (Lipinski definition) is 1. The molecule has 2 rings (SSSR count). The zero-order valence-electron chi connectivity index (χ0n) is 9.37. The Morgan fingerprint density at radius 2 is 1.82 bits per heavy atom. The Morgan fingerprint density at radius 3 is 2.47 bits per heavy atom.